The number of anilines is 2. The summed E-state index contributed by atoms with van der Waals surface area (Å²) in [6, 6.07) is 18.2. The maximum atomic E-state index is 12.4. The lowest BCUT2D eigenvalue weighted by molar-refractivity contribution is -0.121. The molecule has 3 aromatic rings. The highest BCUT2D eigenvalue weighted by Gasteiger charge is 2.24. The summed E-state index contributed by atoms with van der Waals surface area (Å²) in [5, 5.41) is 5.64. The van der Waals surface area contributed by atoms with E-state index in [1.165, 1.54) is 18.0 Å². The van der Waals surface area contributed by atoms with Gasteiger partial charge in [-0.2, -0.15) is 0 Å². The summed E-state index contributed by atoms with van der Waals surface area (Å²) >= 11 is 1.52. The standard InChI is InChI=1S/C23H21N3O4S/c27-21(10-11-26-18-7-1-2-9-20(18)31-15-22(26)28)24-14-16-5-3-6-17(13-16)25-23(29)19-8-4-12-30-19/h1-9,12-13H,10-11,14-15H2,(H,24,27)(H,25,29). The van der Waals surface area contributed by atoms with Crippen LogP contribution in [-0.4, -0.2) is 30.0 Å². The van der Waals surface area contributed by atoms with E-state index in [1.807, 2.05) is 30.3 Å². The third kappa shape index (κ3) is 5.16. The molecule has 0 spiro atoms. The summed E-state index contributed by atoms with van der Waals surface area (Å²) in [7, 11) is 0. The molecule has 2 N–H and O–H groups in total. The third-order valence-electron chi connectivity index (χ3n) is 4.79. The molecule has 0 unspecified atom stereocenters. The number of carbonyl (C=O) groups excluding carboxylic acids is 3. The molecule has 8 heteroatoms. The number of nitrogens with zero attached hydrogens (tertiary/aromatic N) is 1. The number of para-hydroxylation sites is 1. The number of rotatable bonds is 7. The fourth-order valence-electron chi connectivity index (χ4n) is 3.26. The summed E-state index contributed by atoms with van der Waals surface area (Å²) in [6.45, 7) is 0.658. The van der Waals surface area contributed by atoms with Crippen LogP contribution >= 0.6 is 11.8 Å². The minimum Gasteiger partial charge on any atom is -0.459 e. The van der Waals surface area contributed by atoms with Crippen molar-refractivity contribution in [3.8, 4) is 0 Å². The largest absolute Gasteiger partial charge is 0.459 e. The maximum absolute atomic E-state index is 12.4. The van der Waals surface area contributed by atoms with Crippen LogP contribution in [0.5, 0.6) is 0 Å². The molecule has 0 fully saturated rings. The van der Waals surface area contributed by atoms with Gasteiger partial charge >= 0.3 is 0 Å². The van der Waals surface area contributed by atoms with E-state index in [9.17, 15) is 14.4 Å². The highest BCUT2D eigenvalue weighted by Crippen LogP contribution is 2.34. The lowest BCUT2D eigenvalue weighted by Crippen LogP contribution is -2.38. The number of carbonyl (C=O) groups is 3. The molecule has 0 atom stereocenters. The first kappa shape index (κ1) is 20.7. The first-order valence-corrected chi connectivity index (χ1v) is 10.8. The van der Waals surface area contributed by atoms with Crippen LogP contribution in [0.2, 0.25) is 0 Å². The molecule has 0 bridgehead atoms. The fraction of sp³-hybridized carbons (Fsp3) is 0.174. The van der Waals surface area contributed by atoms with Gasteiger partial charge < -0.3 is 20.0 Å². The fourth-order valence-corrected chi connectivity index (χ4v) is 4.20. The van der Waals surface area contributed by atoms with Crippen LogP contribution in [0.3, 0.4) is 0 Å². The first-order chi connectivity index (χ1) is 15.1. The van der Waals surface area contributed by atoms with E-state index in [1.54, 1.807) is 35.2 Å². The van der Waals surface area contributed by atoms with Crippen LogP contribution in [0, 0.1) is 0 Å². The third-order valence-corrected chi connectivity index (χ3v) is 5.84. The van der Waals surface area contributed by atoms with Gasteiger partial charge in [0.1, 0.15) is 0 Å². The first-order valence-electron chi connectivity index (χ1n) is 9.83. The van der Waals surface area contributed by atoms with Gasteiger partial charge in [-0.1, -0.05) is 24.3 Å². The molecule has 31 heavy (non-hydrogen) atoms. The maximum Gasteiger partial charge on any atom is 0.291 e. The zero-order chi connectivity index (χ0) is 21.6. The Morgan fingerprint density at radius 1 is 1.06 bits per heavy atom. The van der Waals surface area contributed by atoms with Crippen LogP contribution in [0.1, 0.15) is 22.5 Å². The van der Waals surface area contributed by atoms with Crippen LogP contribution in [0.25, 0.3) is 0 Å². The molecular formula is C23H21N3O4S. The topological polar surface area (TPSA) is 91.7 Å². The average Bonchev–Trinajstić information content (AvgIpc) is 3.32. The molecule has 2 heterocycles. The van der Waals surface area contributed by atoms with Gasteiger partial charge in [0.25, 0.3) is 5.91 Å². The van der Waals surface area contributed by atoms with Gasteiger partial charge in [-0.25, -0.2) is 0 Å². The summed E-state index contributed by atoms with van der Waals surface area (Å²) in [5.74, 6) is 0.140. The number of hydrogen-bond donors (Lipinski definition) is 2. The molecule has 0 radical (unpaired) electrons. The Morgan fingerprint density at radius 2 is 1.94 bits per heavy atom. The molecule has 1 aliphatic rings. The zero-order valence-electron chi connectivity index (χ0n) is 16.7. The van der Waals surface area contributed by atoms with E-state index in [4.69, 9.17) is 4.42 Å². The Morgan fingerprint density at radius 3 is 2.77 bits per heavy atom. The Balaban J connectivity index is 1.29. The van der Waals surface area contributed by atoms with Crippen molar-refractivity contribution in [3.05, 3.63) is 78.3 Å². The van der Waals surface area contributed by atoms with E-state index in [0.717, 1.165) is 16.1 Å². The second kappa shape index (κ2) is 9.53. The number of amides is 3. The highest BCUT2D eigenvalue weighted by molar-refractivity contribution is 8.00. The second-order valence-corrected chi connectivity index (χ2v) is 7.98. The van der Waals surface area contributed by atoms with Crippen molar-refractivity contribution in [1.29, 1.82) is 0 Å². The van der Waals surface area contributed by atoms with Gasteiger partial charge in [-0.3, -0.25) is 14.4 Å². The summed E-state index contributed by atoms with van der Waals surface area (Å²) in [6.07, 6.45) is 1.65. The molecule has 0 saturated carbocycles. The van der Waals surface area contributed by atoms with Crippen LogP contribution < -0.4 is 15.5 Å². The lowest BCUT2D eigenvalue weighted by Gasteiger charge is -2.28. The molecule has 0 aliphatic carbocycles. The normalized spacial score (nSPS) is 12.9. The average molecular weight is 436 g/mol. The Labute approximate surface area is 183 Å². The van der Waals surface area contributed by atoms with Crippen molar-refractivity contribution in [3.63, 3.8) is 0 Å². The number of fused-ring (bicyclic) bond motifs is 1. The SMILES string of the molecule is O=C(CCN1C(=O)CSc2ccccc21)NCc1cccc(NC(=O)c2ccco2)c1. The smallest absolute Gasteiger partial charge is 0.291 e. The van der Waals surface area contributed by atoms with E-state index >= 15 is 0 Å². The van der Waals surface area contributed by atoms with E-state index in [2.05, 4.69) is 10.6 Å². The molecule has 2 aromatic carbocycles. The van der Waals surface area contributed by atoms with Crippen LogP contribution in [0.15, 0.2) is 76.2 Å². The Hall–Kier alpha value is -3.52. The number of thioether (sulfide) groups is 1. The molecule has 1 aromatic heterocycles. The molecule has 3 amide bonds. The van der Waals surface area contributed by atoms with Crippen LogP contribution in [0.4, 0.5) is 11.4 Å². The van der Waals surface area contributed by atoms with Gasteiger partial charge in [0.05, 0.1) is 17.7 Å². The number of hydrogen-bond acceptors (Lipinski definition) is 5. The van der Waals surface area contributed by atoms with Crippen molar-refractivity contribution >= 4 is 40.9 Å². The quantitative estimate of drug-likeness (QED) is 0.591. The minimum absolute atomic E-state index is 0.0106. The molecule has 1 aliphatic heterocycles. The summed E-state index contributed by atoms with van der Waals surface area (Å²) in [4.78, 5) is 39.5. The Kier molecular flexibility index (Phi) is 6.37. The number of furan rings is 1. The monoisotopic (exact) mass is 435 g/mol. The lowest BCUT2D eigenvalue weighted by atomic mass is 10.2. The molecular weight excluding hydrogens is 414 g/mol. The number of nitrogens with one attached hydrogen (secondary N) is 2. The van der Waals surface area contributed by atoms with E-state index < -0.39 is 0 Å². The van der Waals surface area contributed by atoms with Gasteiger partial charge in [-0.15, -0.1) is 11.8 Å². The van der Waals surface area contributed by atoms with Crippen molar-refractivity contribution in [1.82, 2.24) is 5.32 Å². The van der Waals surface area contributed by atoms with E-state index in [-0.39, 0.29) is 29.9 Å². The van der Waals surface area contributed by atoms with Crippen molar-refractivity contribution in [2.24, 2.45) is 0 Å². The van der Waals surface area contributed by atoms with Gasteiger partial charge in [0, 0.05) is 30.1 Å². The van der Waals surface area contributed by atoms with Crippen molar-refractivity contribution < 1.29 is 18.8 Å². The van der Waals surface area contributed by atoms with Crippen LogP contribution in [-0.2, 0) is 16.1 Å². The molecule has 4 rings (SSSR count). The van der Waals surface area contributed by atoms with Crippen molar-refractivity contribution in [2.75, 3.05) is 22.5 Å². The van der Waals surface area contributed by atoms with Crippen molar-refractivity contribution in [2.45, 2.75) is 17.9 Å². The molecule has 158 valence electrons. The van der Waals surface area contributed by atoms with Gasteiger partial charge in [0.2, 0.25) is 11.8 Å². The van der Waals surface area contributed by atoms with E-state index in [0.29, 0.717) is 24.5 Å². The summed E-state index contributed by atoms with van der Waals surface area (Å²) < 4.78 is 5.08. The summed E-state index contributed by atoms with van der Waals surface area (Å²) in [5.41, 5.74) is 2.32. The predicted octanol–water partition coefficient (Wildman–Crippen LogP) is 3.68. The predicted molar refractivity (Wildman–Crippen MR) is 119 cm³/mol. The Bertz CT molecular complexity index is 1100. The molecule has 0 saturated heterocycles. The highest BCUT2D eigenvalue weighted by atomic mass is 32.2. The van der Waals surface area contributed by atoms with Gasteiger partial charge in [0.15, 0.2) is 5.76 Å². The second-order valence-electron chi connectivity index (χ2n) is 6.96. The van der Waals surface area contributed by atoms with Gasteiger partial charge in [-0.05, 0) is 42.0 Å². The zero-order valence-corrected chi connectivity index (χ0v) is 17.5. The molecule has 7 nitrogen and oxygen atoms in total. The number of benzene rings is 2. The minimum atomic E-state index is -0.337.